The molecule has 9 heteroatoms. The van der Waals surface area contributed by atoms with Gasteiger partial charge in [0.2, 0.25) is 15.9 Å². The first-order valence-electron chi connectivity index (χ1n) is 8.31. The highest BCUT2D eigenvalue weighted by molar-refractivity contribution is 7.88. The number of carbonyl (C=O) groups excluding carboxylic acids is 1. The number of aromatic nitrogens is 2. The van der Waals surface area contributed by atoms with Gasteiger partial charge in [-0.3, -0.25) is 14.4 Å². The van der Waals surface area contributed by atoms with Gasteiger partial charge < -0.3 is 5.32 Å². The van der Waals surface area contributed by atoms with Gasteiger partial charge in [0.25, 0.3) is 0 Å². The van der Waals surface area contributed by atoms with Crippen LogP contribution in [0.4, 0.5) is 0 Å². The molecule has 2 heterocycles. The molecule has 0 bridgehead atoms. The molecular weight excluding hydrogens is 330 g/mol. The lowest BCUT2D eigenvalue weighted by Crippen LogP contribution is -2.44. The van der Waals surface area contributed by atoms with Gasteiger partial charge in [0.15, 0.2) is 0 Å². The minimum Gasteiger partial charge on any atom is -0.349 e. The Morgan fingerprint density at radius 3 is 2.83 bits per heavy atom. The van der Waals surface area contributed by atoms with Crippen LogP contribution in [-0.2, 0) is 34.5 Å². The van der Waals surface area contributed by atoms with E-state index in [1.54, 1.807) is 0 Å². The largest absolute Gasteiger partial charge is 0.349 e. The van der Waals surface area contributed by atoms with E-state index in [-0.39, 0.29) is 5.91 Å². The van der Waals surface area contributed by atoms with Gasteiger partial charge in [-0.2, -0.15) is 5.10 Å². The molecule has 8 nitrogen and oxygen atoms in total. The summed E-state index contributed by atoms with van der Waals surface area (Å²) < 4.78 is 26.6. The van der Waals surface area contributed by atoms with Gasteiger partial charge in [0.1, 0.15) is 0 Å². The minimum absolute atomic E-state index is 0.294. The number of hydrogen-bond acceptors (Lipinski definition) is 5. The van der Waals surface area contributed by atoms with Gasteiger partial charge in [-0.1, -0.05) is 6.92 Å². The van der Waals surface area contributed by atoms with Crippen LogP contribution in [-0.4, -0.2) is 54.4 Å². The number of sulfonamides is 1. The number of amides is 1. The molecule has 1 unspecified atom stereocenters. The van der Waals surface area contributed by atoms with Gasteiger partial charge in [-0.05, 0) is 32.4 Å². The Morgan fingerprint density at radius 1 is 1.42 bits per heavy atom. The Bertz CT molecular complexity index is 671. The van der Waals surface area contributed by atoms with E-state index in [0.717, 1.165) is 56.7 Å². The molecule has 0 aromatic carbocycles. The summed E-state index contributed by atoms with van der Waals surface area (Å²) in [6.07, 6.45) is 3.23. The average Bonchev–Trinajstić information content (AvgIpc) is 2.75. The fourth-order valence-corrected chi connectivity index (χ4v) is 3.64. The minimum atomic E-state index is -3.41. The van der Waals surface area contributed by atoms with Gasteiger partial charge in [-0.25, -0.2) is 13.1 Å². The van der Waals surface area contributed by atoms with Crippen molar-refractivity contribution < 1.29 is 13.2 Å². The zero-order valence-electron chi connectivity index (χ0n) is 14.6. The summed E-state index contributed by atoms with van der Waals surface area (Å²) in [5, 5.41) is 7.27. The summed E-state index contributed by atoms with van der Waals surface area (Å²) in [5.74, 6) is -0.365. The van der Waals surface area contributed by atoms with Gasteiger partial charge in [0, 0.05) is 19.6 Å². The fourth-order valence-electron chi connectivity index (χ4n) is 2.89. The number of nitrogens with zero attached hydrogens (tertiary/aromatic N) is 3. The molecule has 1 amide bonds. The van der Waals surface area contributed by atoms with Crippen LogP contribution in [0.15, 0.2) is 6.07 Å². The maximum Gasteiger partial charge on any atom is 0.238 e. The smallest absolute Gasteiger partial charge is 0.238 e. The lowest BCUT2D eigenvalue weighted by atomic mass is 10.3. The predicted molar refractivity (Wildman–Crippen MR) is 91.7 cm³/mol. The van der Waals surface area contributed by atoms with Crippen LogP contribution in [0.5, 0.6) is 0 Å². The first-order valence-corrected chi connectivity index (χ1v) is 10.2. The van der Waals surface area contributed by atoms with Crippen molar-refractivity contribution in [3.8, 4) is 0 Å². The second-order valence-corrected chi connectivity index (χ2v) is 8.09. The summed E-state index contributed by atoms with van der Waals surface area (Å²) in [5.41, 5.74) is 1.95. The van der Waals surface area contributed by atoms with Crippen LogP contribution >= 0.6 is 0 Å². The third kappa shape index (κ3) is 5.57. The lowest BCUT2D eigenvalue weighted by Gasteiger charge is -2.17. The molecule has 1 atom stereocenters. The van der Waals surface area contributed by atoms with Crippen molar-refractivity contribution in [3.63, 3.8) is 0 Å². The summed E-state index contributed by atoms with van der Waals surface area (Å²) in [4.78, 5) is 14.4. The van der Waals surface area contributed by atoms with Crippen LogP contribution in [0, 0.1) is 0 Å². The van der Waals surface area contributed by atoms with Gasteiger partial charge in [-0.15, -0.1) is 0 Å². The van der Waals surface area contributed by atoms with Crippen molar-refractivity contribution in [1.82, 2.24) is 24.7 Å². The highest BCUT2D eigenvalue weighted by Gasteiger charge is 2.19. The third-order valence-electron chi connectivity index (χ3n) is 3.91. The summed E-state index contributed by atoms with van der Waals surface area (Å²) >= 11 is 0. The number of nitrogens with one attached hydrogen (secondary N) is 2. The van der Waals surface area contributed by atoms with E-state index in [1.165, 1.54) is 6.92 Å². The molecule has 2 rings (SSSR count). The molecule has 1 aliphatic heterocycles. The molecule has 1 aliphatic rings. The zero-order valence-corrected chi connectivity index (χ0v) is 15.4. The Hall–Kier alpha value is -1.45. The van der Waals surface area contributed by atoms with Crippen LogP contribution in [0.3, 0.4) is 0 Å². The van der Waals surface area contributed by atoms with E-state index in [4.69, 9.17) is 0 Å². The van der Waals surface area contributed by atoms with E-state index in [2.05, 4.69) is 27.0 Å². The maximum absolute atomic E-state index is 11.9. The first kappa shape index (κ1) is 18.9. The molecule has 0 saturated heterocycles. The summed E-state index contributed by atoms with van der Waals surface area (Å²) in [6.45, 7) is 7.90. The number of fused-ring (bicyclic) bond motifs is 1. The van der Waals surface area contributed by atoms with E-state index in [9.17, 15) is 13.2 Å². The summed E-state index contributed by atoms with van der Waals surface area (Å²) in [7, 11) is -3.41. The second-order valence-electron chi connectivity index (χ2n) is 6.31. The Morgan fingerprint density at radius 2 is 2.17 bits per heavy atom. The number of hydrogen-bond donors (Lipinski definition) is 2. The molecule has 136 valence electrons. The third-order valence-corrected chi connectivity index (χ3v) is 4.69. The van der Waals surface area contributed by atoms with Crippen LogP contribution < -0.4 is 10.0 Å². The highest BCUT2D eigenvalue weighted by atomic mass is 32.2. The SMILES string of the molecule is CCCN1CCCn2nc(CNC(=O)C(C)NS(C)(=O)=O)cc2C1. The monoisotopic (exact) mass is 357 g/mol. The molecular formula is C15H27N5O3S. The standard InChI is InChI=1S/C15H27N5O3S/c1-4-6-19-7-5-8-20-14(11-19)9-13(17-20)10-16-15(21)12(2)18-24(3,22)23/h9,12,18H,4-8,10-11H2,1-3H3,(H,16,21). The molecule has 1 aromatic heterocycles. The van der Waals surface area contributed by atoms with Crippen molar-refractivity contribution in [1.29, 1.82) is 0 Å². The molecule has 0 fully saturated rings. The topological polar surface area (TPSA) is 96.3 Å². The van der Waals surface area contributed by atoms with Crippen molar-refractivity contribution in [2.45, 2.75) is 52.4 Å². The second kappa shape index (κ2) is 8.09. The van der Waals surface area contributed by atoms with Crippen LogP contribution in [0.2, 0.25) is 0 Å². The molecule has 0 aliphatic carbocycles. The van der Waals surface area contributed by atoms with E-state index >= 15 is 0 Å². The van der Waals surface area contributed by atoms with Crippen molar-refractivity contribution in [2.75, 3.05) is 19.3 Å². The molecule has 0 radical (unpaired) electrons. The van der Waals surface area contributed by atoms with E-state index in [0.29, 0.717) is 6.54 Å². The lowest BCUT2D eigenvalue weighted by molar-refractivity contribution is -0.122. The summed E-state index contributed by atoms with van der Waals surface area (Å²) in [6, 6.07) is 1.21. The predicted octanol–water partition coefficient (Wildman–Crippen LogP) is 0.0527. The molecule has 1 aromatic rings. The van der Waals surface area contributed by atoms with Crippen LogP contribution in [0.1, 0.15) is 38.1 Å². The quantitative estimate of drug-likeness (QED) is 0.719. The molecule has 0 saturated carbocycles. The zero-order chi connectivity index (χ0) is 17.7. The van der Waals surface area contributed by atoms with Crippen molar-refractivity contribution in [2.24, 2.45) is 0 Å². The van der Waals surface area contributed by atoms with Crippen molar-refractivity contribution in [3.05, 3.63) is 17.5 Å². The number of carbonyl (C=O) groups is 1. The molecule has 24 heavy (non-hydrogen) atoms. The van der Waals surface area contributed by atoms with Crippen molar-refractivity contribution >= 4 is 15.9 Å². The van der Waals surface area contributed by atoms with Crippen LogP contribution in [0.25, 0.3) is 0 Å². The van der Waals surface area contributed by atoms with E-state index in [1.807, 2.05) is 10.7 Å². The Balaban J connectivity index is 1.93. The van der Waals surface area contributed by atoms with E-state index < -0.39 is 16.1 Å². The van der Waals surface area contributed by atoms with Gasteiger partial charge in [0.05, 0.1) is 30.2 Å². The fraction of sp³-hybridized carbons (Fsp3) is 0.733. The average molecular weight is 357 g/mol. The first-order chi connectivity index (χ1) is 11.3. The maximum atomic E-state index is 11.9. The molecule has 2 N–H and O–H groups in total. The molecule has 0 spiro atoms. The highest BCUT2D eigenvalue weighted by Crippen LogP contribution is 2.14. The Labute approximate surface area is 143 Å². The Kier molecular flexibility index (Phi) is 6.36. The van der Waals surface area contributed by atoms with Gasteiger partial charge >= 0.3 is 0 Å². The number of rotatable bonds is 7. The number of aryl methyl sites for hydroxylation is 1. The normalized spacial score (nSPS) is 17.1.